The molecule has 164 valence electrons. The molecule has 1 saturated heterocycles. The van der Waals surface area contributed by atoms with Crippen LogP contribution < -0.4 is 5.32 Å². The van der Waals surface area contributed by atoms with Gasteiger partial charge in [0, 0.05) is 31.1 Å². The van der Waals surface area contributed by atoms with Gasteiger partial charge < -0.3 is 10.2 Å². The van der Waals surface area contributed by atoms with Gasteiger partial charge in [0.2, 0.25) is 0 Å². The van der Waals surface area contributed by atoms with Crippen molar-refractivity contribution in [3.8, 4) is 0 Å². The first kappa shape index (κ1) is 21.1. The van der Waals surface area contributed by atoms with Crippen molar-refractivity contribution in [1.29, 1.82) is 0 Å². The minimum Gasteiger partial charge on any atom is -0.367 e. The van der Waals surface area contributed by atoms with E-state index in [0.717, 1.165) is 28.2 Å². The third-order valence-electron chi connectivity index (χ3n) is 6.00. The Morgan fingerprint density at radius 1 is 1.37 bits per heavy atom. The molecule has 3 atom stereocenters. The lowest BCUT2D eigenvalue weighted by Crippen LogP contribution is -2.39. The SMILES string of the molecule is CC[C@@H]1C[C@H](C(F)(F)F)n2nc(C3CCCN(C(=O)c4sc(C)nc4C)C3)cc2N1. The Balaban J connectivity index is 1.57. The Hall–Kier alpha value is -2.10. The van der Waals surface area contributed by atoms with Gasteiger partial charge in [-0.3, -0.25) is 4.79 Å². The number of amides is 1. The smallest absolute Gasteiger partial charge is 0.367 e. The summed E-state index contributed by atoms with van der Waals surface area (Å²) in [5.74, 6) is 0.290. The summed E-state index contributed by atoms with van der Waals surface area (Å²) in [6.07, 6.45) is -2.15. The average molecular weight is 442 g/mol. The molecule has 0 spiro atoms. The highest BCUT2D eigenvalue weighted by atomic mass is 32.1. The number of rotatable bonds is 3. The van der Waals surface area contributed by atoms with Crippen LogP contribution in [0.5, 0.6) is 0 Å². The van der Waals surface area contributed by atoms with E-state index in [1.165, 1.54) is 11.3 Å². The van der Waals surface area contributed by atoms with Gasteiger partial charge >= 0.3 is 6.18 Å². The van der Waals surface area contributed by atoms with Crippen LogP contribution in [0.1, 0.15) is 70.6 Å². The number of fused-ring (bicyclic) bond motifs is 1. The predicted molar refractivity (Wildman–Crippen MR) is 109 cm³/mol. The summed E-state index contributed by atoms with van der Waals surface area (Å²) in [6, 6.07) is -0.103. The molecule has 0 aromatic carbocycles. The van der Waals surface area contributed by atoms with Crippen molar-refractivity contribution in [2.24, 2.45) is 0 Å². The molecule has 1 amide bonds. The van der Waals surface area contributed by atoms with Crippen molar-refractivity contribution in [2.75, 3.05) is 18.4 Å². The van der Waals surface area contributed by atoms with Gasteiger partial charge in [-0.15, -0.1) is 11.3 Å². The number of carbonyl (C=O) groups excluding carboxylic acids is 1. The van der Waals surface area contributed by atoms with Crippen LogP contribution in [-0.2, 0) is 0 Å². The third-order valence-corrected chi connectivity index (χ3v) is 7.07. The Morgan fingerprint density at radius 3 is 2.77 bits per heavy atom. The van der Waals surface area contributed by atoms with E-state index >= 15 is 0 Å². The maximum absolute atomic E-state index is 13.6. The number of halogens is 3. The molecule has 1 N–H and O–H groups in total. The number of thiazole rings is 1. The predicted octanol–water partition coefficient (Wildman–Crippen LogP) is 4.67. The molecule has 2 aromatic rings. The van der Waals surface area contributed by atoms with Gasteiger partial charge in [0.1, 0.15) is 10.7 Å². The van der Waals surface area contributed by atoms with Crippen molar-refractivity contribution in [3.05, 3.63) is 27.3 Å². The number of aromatic nitrogens is 3. The molecule has 4 heterocycles. The number of hydrogen-bond acceptors (Lipinski definition) is 5. The number of nitrogens with one attached hydrogen (secondary N) is 1. The molecule has 10 heteroatoms. The van der Waals surface area contributed by atoms with Crippen molar-refractivity contribution in [2.45, 2.75) is 70.6 Å². The summed E-state index contributed by atoms with van der Waals surface area (Å²) in [5, 5.41) is 8.41. The van der Waals surface area contributed by atoms with E-state index in [4.69, 9.17) is 0 Å². The first-order chi connectivity index (χ1) is 14.2. The average Bonchev–Trinajstić information content (AvgIpc) is 3.28. The molecule has 2 aliphatic heterocycles. The van der Waals surface area contributed by atoms with E-state index < -0.39 is 12.2 Å². The molecule has 1 fully saturated rings. The van der Waals surface area contributed by atoms with E-state index in [-0.39, 0.29) is 24.3 Å². The lowest BCUT2D eigenvalue weighted by Gasteiger charge is -2.33. The lowest BCUT2D eigenvalue weighted by atomic mass is 9.94. The normalized spacial score (nSPS) is 24.5. The number of anilines is 1. The summed E-state index contributed by atoms with van der Waals surface area (Å²) >= 11 is 1.38. The summed E-state index contributed by atoms with van der Waals surface area (Å²) in [7, 11) is 0. The number of likely N-dealkylation sites (tertiary alicyclic amines) is 1. The molecule has 1 unspecified atom stereocenters. The molecule has 0 bridgehead atoms. The molecule has 6 nitrogen and oxygen atoms in total. The Bertz CT molecular complexity index is 938. The summed E-state index contributed by atoms with van der Waals surface area (Å²) in [6.45, 7) is 6.68. The second kappa shape index (κ2) is 7.86. The zero-order valence-electron chi connectivity index (χ0n) is 17.3. The second-order valence-corrected chi connectivity index (χ2v) is 9.38. The number of nitrogens with zero attached hydrogens (tertiary/aromatic N) is 4. The Labute approximate surface area is 177 Å². The number of carbonyl (C=O) groups is 1. The van der Waals surface area contributed by atoms with Crippen molar-refractivity contribution in [3.63, 3.8) is 0 Å². The summed E-state index contributed by atoms with van der Waals surface area (Å²) in [5.41, 5.74) is 1.35. The fourth-order valence-electron chi connectivity index (χ4n) is 4.41. The number of hydrogen-bond donors (Lipinski definition) is 1. The molecule has 0 radical (unpaired) electrons. The van der Waals surface area contributed by atoms with Crippen LogP contribution in [0.2, 0.25) is 0 Å². The Kier molecular flexibility index (Phi) is 5.54. The summed E-state index contributed by atoms with van der Waals surface area (Å²) in [4.78, 5) is 19.7. The van der Waals surface area contributed by atoms with Crippen molar-refractivity contribution in [1.82, 2.24) is 19.7 Å². The molecule has 0 aliphatic carbocycles. The van der Waals surface area contributed by atoms with Crippen LogP contribution in [0.4, 0.5) is 19.0 Å². The maximum atomic E-state index is 13.6. The molecular formula is C20H26F3N5OS. The van der Waals surface area contributed by atoms with Crippen LogP contribution in [0.3, 0.4) is 0 Å². The largest absolute Gasteiger partial charge is 0.410 e. The van der Waals surface area contributed by atoms with Gasteiger partial charge in [-0.05, 0) is 39.5 Å². The van der Waals surface area contributed by atoms with E-state index in [0.29, 0.717) is 35.9 Å². The molecule has 4 rings (SSSR count). The van der Waals surface area contributed by atoms with Crippen LogP contribution in [0.25, 0.3) is 0 Å². The first-order valence-corrected chi connectivity index (χ1v) is 11.1. The van der Waals surface area contributed by atoms with Gasteiger partial charge in [0.25, 0.3) is 5.91 Å². The third kappa shape index (κ3) is 3.93. The highest BCUT2D eigenvalue weighted by Gasteiger charge is 2.46. The monoisotopic (exact) mass is 441 g/mol. The van der Waals surface area contributed by atoms with Gasteiger partial charge in [-0.1, -0.05) is 6.92 Å². The number of alkyl halides is 3. The molecule has 2 aromatic heterocycles. The minimum absolute atomic E-state index is 0.0204. The van der Waals surface area contributed by atoms with Crippen LogP contribution >= 0.6 is 11.3 Å². The molecular weight excluding hydrogens is 415 g/mol. The molecule has 0 saturated carbocycles. The van der Waals surface area contributed by atoms with Gasteiger partial charge in [-0.25, -0.2) is 9.67 Å². The maximum Gasteiger partial charge on any atom is 0.410 e. The molecule has 2 aliphatic rings. The Morgan fingerprint density at radius 2 is 2.13 bits per heavy atom. The van der Waals surface area contributed by atoms with E-state index in [1.807, 2.05) is 20.8 Å². The van der Waals surface area contributed by atoms with E-state index in [1.54, 1.807) is 11.0 Å². The molecule has 30 heavy (non-hydrogen) atoms. The van der Waals surface area contributed by atoms with Crippen molar-refractivity contribution < 1.29 is 18.0 Å². The standard InChI is InChI=1S/C20H26F3N5OS/c1-4-14-8-16(20(21,22)23)28-17(25-14)9-15(26-28)13-6-5-7-27(10-13)19(29)18-11(2)24-12(3)30-18/h9,13-14,16,25H,4-8,10H2,1-3H3/t13?,14-,16-/m1/s1. The van der Waals surface area contributed by atoms with Gasteiger partial charge in [-0.2, -0.15) is 18.3 Å². The minimum atomic E-state index is -4.34. The van der Waals surface area contributed by atoms with Crippen LogP contribution in [0.15, 0.2) is 6.07 Å². The van der Waals surface area contributed by atoms with Crippen LogP contribution in [-0.4, -0.2) is 50.9 Å². The topological polar surface area (TPSA) is 63.1 Å². The van der Waals surface area contributed by atoms with E-state index in [2.05, 4.69) is 15.4 Å². The number of aryl methyl sites for hydroxylation is 2. The first-order valence-electron chi connectivity index (χ1n) is 10.3. The zero-order chi connectivity index (χ0) is 21.6. The van der Waals surface area contributed by atoms with Gasteiger partial charge in [0.15, 0.2) is 6.04 Å². The second-order valence-electron chi connectivity index (χ2n) is 8.18. The van der Waals surface area contributed by atoms with Crippen LogP contribution in [0, 0.1) is 13.8 Å². The summed E-state index contributed by atoms with van der Waals surface area (Å²) < 4.78 is 42.0. The lowest BCUT2D eigenvalue weighted by molar-refractivity contribution is -0.173. The highest BCUT2D eigenvalue weighted by molar-refractivity contribution is 7.13. The van der Waals surface area contributed by atoms with Gasteiger partial charge in [0.05, 0.1) is 16.4 Å². The fourth-order valence-corrected chi connectivity index (χ4v) is 5.30. The fraction of sp³-hybridized carbons (Fsp3) is 0.650. The van der Waals surface area contributed by atoms with Crippen molar-refractivity contribution >= 4 is 23.1 Å². The number of piperidine rings is 1. The quantitative estimate of drug-likeness (QED) is 0.752. The zero-order valence-corrected chi connectivity index (χ0v) is 18.1. The highest BCUT2D eigenvalue weighted by Crippen LogP contribution is 2.41. The van der Waals surface area contributed by atoms with E-state index in [9.17, 15) is 18.0 Å².